The molecule has 0 radical (unpaired) electrons. The van der Waals surface area contributed by atoms with Gasteiger partial charge in [-0.2, -0.15) is 0 Å². The van der Waals surface area contributed by atoms with Crippen LogP contribution in [0.1, 0.15) is 6.42 Å². The normalized spacial score (nSPS) is 17.9. The Morgan fingerprint density at radius 3 is 2.76 bits per heavy atom. The van der Waals surface area contributed by atoms with Crippen molar-refractivity contribution in [1.82, 2.24) is 15.5 Å². The fourth-order valence-electron chi connectivity index (χ4n) is 1.40. The minimum atomic E-state index is -1.32. The van der Waals surface area contributed by atoms with E-state index in [4.69, 9.17) is 10.2 Å². The van der Waals surface area contributed by atoms with Crippen LogP contribution in [0.15, 0.2) is 0 Å². The van der Waals surface area contributed by atoms with Gasteiger partial charge in [-0.3, -0.25) is 4.79 Å². The number of rotatable bonds is 3. The second-order valence-electron chi connectivity index (χ2n) is 3.61. The molecule has 0 saturated carbocycles. The van der Waals surface area contributed by atoms with Gasteiger partial charge in [0.05, 0.1) is 6.61 Å². The van der Waals surface area contributed by atoms with Crippen molar-refractivity contribution in [3.8, 4) is 0 Å². The maximum Gasteiger partial charge on any atom is 0.328 e. The maximum atomic E-state index is 11.6. The fraction of sp³-hybridized carbons (Fsp3) is 0.667. The van der Waals surface area contributed by atoms with Crippen molar-refractivity contribution in [2.24, 2.45) is 0 Å². The minimum Gasteiger partial charge on any atom is -0.480 e. The SMILES string of the molecule is O=C1CCN(C(=O)NC(CO)C(=O)O)CCN1. The van der Waals surface area contributed by atoms with Gasteiger partial charge in [-0.1, -0.05) is 0 Å². The zero-order valence-electron chi connectivity index (χ0n) is 9.18. The first-order chi connectivity index (χ1) is 8.04. The third-order valence-electron chi connectivity index (χ3n) is 2.38. The molecule has 0 bridgehead atoms. The van der Waals surface area contributed by atoms with Crippen LogP contribution in [0.4, 0.5) is 4.79 Å². The Kier molecular flexibility index (Phi) is 4.70. The largest absolute Gasteiger partial charge is 0.480 e. The van der Waals surface area contributed by atoms with Gasteiger partial charge >= 0.3 is 12.0 Å². The van der Waals surface area contributed by atoms with Crippen LogP contribution in [-0.2, 0) is 9.59 Å². The molecule has 1 aliphatic rings. The molecule has 0 aromatic rings. The Bertz CT molecular complexity index is 320. The quantitative estimate of drug-likeness (QED) is 0.457. The molecule has 8 nitrogen and oxygen atoms in total. The lowest BCUT2D eigenvalue weighted by Crippen LogP contribution is -2.50. The lowest BCUT2D eigenvalue weighted by Gasteiger charge is -2.22. The van der Waals surface area contributed by atoms with E-state index in [1.54, 1.807) is 0 Å². The second-order valence-corrected chi connectivity index (χ2v) is 3.61. The molecule has 0 aromatic carbocycles. The molecule has 1 saturated heterocycles. The molecule has 4 N–H and O–H groups in total. The third-order valence-corrected chi connectivity index (χ3v) is 2.38. The number of carboxylic acids is 1. The number of nitrogens with zero attached hydrogens (tertiary/aromatic N) is 1. The highest BCUT2D eigenvalue weighted by molar-refractivity contribution is 5.83. The standard InChI is InChI=1S/C9H15N3O5/c13-5-6(8(15)16)11-9(17)12-3-1-7(14)10-2-4-12/h6,13H,1-5H2,(H,10,14)(H,11,17)(H,15,16). The van der Waals surface area contributed by atoms with Crippen molar-refractivity contribution >= 4 is 17.9 Å². The first-order valence-electron chi connectivity index (χ1n) is 5.20. The number of hydrogen-bond acceptors (Lipinski definition) is 4. The molecular formula is C9H15N3O5. The van der Waals surface area contributed by atoms with Crippen LogP contribution in [0, 0.1) is 0 Å². The Hall–Kier alpha value is -1.83. The van der Waals surface area contributed by atoms with Crippen molar-refractivity contribution in [2.45, 2.75) is 12.5 Å². The van der Waals surface area contributed by atoms with E-state index < -0.39 is 24.6 Å². The first-order valence-corrected chi connectivity index (χ1v) is 5.20. The van der Waals surface area contributed by atoms with E-state index in [0.717, 1.165) is 0 Å². The third kappa shape index (κ3) is 3.91. The lowest BCUT2D eigenvalue weighted by atomic mass is 10.3. The van der Waals surface area contributed by atoms with Crippen molar-refractivity contribution in [3.05, 3.63) is 0 Å². The number of aliphatic hydroxyl groups is 1. The van der Waals surface area contributed by atoms with Crippen molar-refractivity contribution in [3.63, 3.8) is 0 Å². The molecule has 1 aliphatic heterocycles. The van der Waals surface area contributed by atoms with Crippen LogP contribution in [0.3, 0.4) is 0 Å². The zero-order valence-corrected chi connectivity index (χ0v) is 9.18. The summed E-state index contributed by atoms with van der Waals surface area (Å²) in [5.41, 5.74) is 0. The van der Waals surface area contributed by atoms with Crippen molar-refractivity contribution in [2.75, 3.05) is 26.2 Å². The lowest BCUT2D eigenvalue weighted by molar-refractivity contribution is -0.140. The smallest absolute Gasteiger partial charge is 0.328 e. The molecular weight excluding hydrogens is 230 g/mol. The molecule has 96 valence electrons. The topological polar surface area (TPSA) is 119 Å². The number of carboxylic acid groups (broad SMARTS) is 1. The summed E-state index contributed by atoms with van der Waals surface area (Å²) in [4.78, 5) is 34.6. The summed E-state index contributed by atoms with van der Waals surface area (Å²) in [6, 6.07) is -1.92. The second kappa shape index (κ2) is 6.04. The van der Waals surface area contributed by atoms with Gasteiger partial charge < -0.3 is 25.7 Å². The van der Waals surface area contributed by atoms with Crippen molar-refractivity contribution in [1.29, 1.82) is 0 Å². The van der Waals surface area contributed by atoms with E-state index in [0.29, 0.717) is 13.1 Å². The maximum absolute atomic E-state index is 11.6. The van der Waals surface area contributed by atoms with Crippen LogP contribution in [0.2, 0.25) is 0 Å². The van der Waals surface area contributed by atoms with Gasteiger partial charge in [-0.25, -0.2) is 9.59 Å². The van der Waals surface area contributed by atoms with E-state index in [1.165, 1.54) is 4.90 Å². The zero-order chi connectivity index (χ0) is 12.8. The summed E-state index contributed by atoms with van der Waals surface area (Å²) in [5, 5.41) is 22.2. The molecule has 3 amide bonds. The van der Waals surface area contributed by atoms with E-state index >= 15 is 0 Å². The number of amides is 3. The predicted molar refractivity (Wildman–Crippen MR) is 56.2 cm³/mol. The van der Waals surface area contributed by atoms with Crippen LogP contribution in [0.25, 0.3) is 0 Å². The van der Waals surface area contributed by atoms with Crippen LogP contribution in [-0.4, -0.2) is 65.3 Å². The Labute approximate surface area is 97.6 Å². The summed E-state index contributed by atoms with van der Waals surface area (Å²) in [5.74, 6) is -1.44. The van der Waals surface area contributed by atoms with Gasteiger partial charge in [0.1, 0.15) is 0 Å². The molecule has 1 heterocycles. The average Bonchev–Trinajstić information content (AvgIpc) is 2.50. The van der Waals surface area contributed by atoms with Crippen LogP contribution in [0.5, 0.6) is 0 Å². The van der Waals surface area contributed by atoms with E-state index in [-0.39, 0.29) is 18.9 Å². The number of urea groups is 1. The van der Waals surface area contributed by atoms with Crippen LogP contribution >= 0.6 is 0 Å². The first kappa shape index (κ1) is 13.2. The fourth-order valence-corrected chi connectivity index (χ4v) is 1.40. The summed E-state index contributed by atoms with van der Waals surface area (Å²) in [7, 11) is 0. The minimum absolute atomic E-state index is 0.141. The van der Waals surface area contributed by atoms with Gasteiger partial charge in [0, 0.05) is 26.1 Å². The number of nitrogens with one attached hydrogen (secondary N) is 2. The average molecular weight is 245 g/mol. The molecule has 0 spiro atoms. The van der Waals surface area contributed by atoms with Gasteiger partial charge in [-0.15, -0.1) is 0 Å². The van der Waals surface area contributed by atoms with E-state index in [1.807, 2.05) is 0 Å². The number of hydrogen-bond donors (Lipinski definition) is 4. The summed E-state index contributed by atoms with van der Waals surface area (Å²) >= 11 is 0. The monoisotopic (exact) mass is 245 g/mol. The number of aliphatic carboxylic acids is 1. The molecule has 1 unspecified atom stereocenters. The summed E-state index contributed by atoms with van der Waals surface area (Å²) < 4.78 is 0. The highest BCUT2D eigenvalue weighted by Crippen LogP contribution is 1.98. The number of carbonyl (C=O) groups excluding carboxylic acids is 2. The molecule has 1 atom stereocenters. The highest BCUT2D eigenvalue weighted by atomic mass is 16.4. The predicted octanol–water partition coefficient (Wildman–Crippen LogP) is -2.04. The number of carbonyl (C=O) groups is 3. The molecule has 1 fully saturated rings. The Morgan fingerprint density at radius 1 is 1.47 bits per heavy atom. The van der Waals surface area contributed by atoms with Crippen molar-refractivity contribution < 1.29 is 24.6 Å². The Balaban J connectivity index is 2.51. The van der Waals surface area contributed by atoms with Gasteiger partial charge in [0.25, 0.3) is 0 Å². The van der Waals surface area contributed by atoms with E-state index in [2.05, 4.69) is 10.6 Å². The molecule has 1 rings (SSSR count). The van der Waals surface area contributed by atoms with Crippen LogP contribution < -0.4 is 10.6 Å². The summed E-state index contributed by atoms with van der Waals surface area (Å²) in [6.07, 6.45) is 0.185. The Morgan fingerprint density at radius 2 is 2.18 bits per heavy atom. The van der Waals surface area contributed by atoms with Gasteiger partial charge in [-0.05, 0) is 0 Å². The van der Waals surface area contributed by atoms with Gasteiger partial charge in [0.15, 0.2) is 6.04 Å². The molecule has 17 heavy (non-hydrogen) atoms. The molecule has 8 heteroatoms. The number of aliphatic hydroxyl groups excluding tert-OH is 1. The molecule has 0 aliphatic carbocycles. The highest BCUT2D eigenvalue weighted by Gasteiger charge is 2.23. The summed E-state index contributed by atoms with van der Waals surface area (Å²) in [6.45, 7) is 0.208. The van der Waals surface area contributed by atoms with E-state index in [9.17, 15) is 14.4 Å². The van der Waals surface area contributed by atoms with Gasteiger partial charge in [0.2, 0.25) is 5.91 Å². The molecule has 0 aromatic heterocycles.